The van der Waals surface area contributed by atoms with Gasteiger partial charge in [-0.2, -0.15) is 0 Å². The Morgan fingerprint density at radius 1 is 1.02 bits per heavy atom. The molecule has 2 aromatic carbocycles. The molecule has 1 saturated carbocycles. The number of imide groups is 2. The minimum Gasteiger partial charge on any atom is -0.404 e. The lowest BCUT2D eigenvalue weighted by molar-refractivity contribution is -0.136. The van der Waals surface area contributed by atoms with E-state index in [0.29, 0.717) is 17.5 Å². The zero-order valence-electron chi connectivity index (χ0n) is 26.7. The predicted octanol–water partition coefficient (Wildman–Crippen LogP) is 3.97. The van der Waals surface area contributed by atoms with E-state index >= 15 is 0 Å². The van der Waals surface area contributed by atoms with E-state index in [1.54, 1.807) is 30.6 Å². The Balaban J connectivity index is 0.871. The highest BCUT2D eigenvalue weighted by Gasteiger charge is 2.44. The smallest absolute Gasteiger partial charge is 0.262 e. The average molecular weight is 650 g/mol. The molecule has 4 N–H and O–H groups in total. The van der Waals surface area contributed by atoms with Crippen LogP contribution in [-0.4, -0.2) is 76.6 Å². The van der Waals surface area contributed by atoms with Crippen molar-refractivity contribution in [2.75, 3.05) is 25.1 Å². The minimum absolute atomic E-state index is 0.0924. The first-order chi connectivity index (χ1) is 23.4. The fourth-order valence-electron chi connectivity index (χ4n) is 7.10. The molecule has 2 saturated heterocycles. The van der Waals surface area contributed by atoms with E-state index in [1.807, 2.05) is 12.3 Å². The molecule has 3 fully saturated rings. The van der Waals surface area contributed by atoms with Gasteiger partial charge >= 0.3 is 0 Å². The quantitative estimate of drug-likeness (QED) is 0.167. The summed E-state index contributed by atoms with van der Waals surface area (Å²) in [4.78, 5) is 65.1. The van der Waals surface area contributed by atoms with E-state index in [9.17, 15) is 19.2 Å². The summed E-state index contributed by atoms with van der Waals surface area (Å²) < 4.78 is 5.52. The second-order valence-corrected chi connectivity index (χ2v) is 13.1. The SMILES string of the molecule is NC=C(C=NC1CC(CCCNc2ccc3c(c2)C(=O)N(C2CCC(=O)NC2=O)C3=O)C1)c1cnc2ccc(C3CCOCC3)cc2n1. The number of nitrogens with zero attached hydrogens (tertiary/aromatic N) is 4. The third kappa shape index (κ3) is 6.44. The zero-order valence-corrected chi connectivity index (χ0v) is 26.7. The van der Waals surface area contributed by atoms with E-state index in [-0.39, 0.29) is 30.0 Å². The number of nitrogens with one attached hydrogen (secondary N) is 2. The highest BCUT2D eigenvalue weighted by Crippen LogP contribution is 2.34. The predicted molar refractivity (Wildman–Crippen MR) is 180 cm³/mol. The Morgan fingerprint density at radius 3 is 2.62 bits per heavy atom. The summed E-state index contributed by atoms with van der Waals surface area (Å²) in [7, 11) is 0. The van der Waals surface area contributed by atoms with Crippen molar-refractivity contribution in [3.8, 4) is 0 Å². The van der Waals surface area contributed by atoms with Gasteiger partial charge in [-0.1, -0.05) is 6.07 Å². The van der Waals surface area contributed by atoms with Crippen molar-refractivity contribution < 1.29 is 23.9 Å². The van der Waals surface area contributed by atoms with Crippen LogP contribution in [-0.2, 0) is 14.3 Å². The van der Waals surface area contributed by atoms with Crippen molar-refractivity contribution >= 4 is 52.1 Å². The molecule has 1 atom stereocenters. The molecule has 7 rings (SSSR count). The van der Waals surface area contributed by atoms with Gasteiger partial charge in [0, 0.05) is 49.9 Å². The largest absolute Gasteiger partial charge is 0.404 e. The van der Waals surface area contributed by atoms with Crippen molar-refractivity contribution in [1.29, 1.82) is 0 Å². The molecule has 4 aliphatic rings. The Bertz CT molecular complexity index is 1830. The molecule has 4 amide bonds. The number of allylic oxidation sites excluding steroid dienone is 1. The monoisotopic (exact) mass is 649 g/mol. The van der Waals surface area contributed by atoms with E-state index < -0.39 is 29.7 Å². The van der Waals surface area contributed by atoms with E-state index in [2.05, 4.69) is 27.8 Å². The van der Waals surface area contributed by atoms with E-state index in [4.69, 9.17) is 20.4 Å². The van der Waals surface area contributed by atoms with Crippen LogP contribution in [0.3, 0.4) is 0 Å². The second-order valence-electron chi connectivity index (χ2n) is 13.1. The fraction of sp³-hybridized carbons (Fsp3) is 0.417. The second kappa shape index (κ2) is 13.6. The Morgan fingerprint density at radius 2 is 1.83 bits per heavy atom. The Kier molecular flexibility index (Phi) is 8.98. The summed E-state index contributed by atoms with van der Waals surface area (Å²) in [6.07, 6.45) is 11.4. The molecule has 0 bridgehead atoms. The number of aliphatic imine (C=N–C) groups is 1. The van der Waals surface area contributed by atoms with Gasteiger partial charge in [-0.05, 0) is 92.7 Å². The number of aromatic nitrogens is 2. The molecule has 0 spiro atoms. The third-order valence-electron chi connectivity index (χ3n) is 9.93. The molecule has 12 heteroatoms. The normalized spacial score (nSPS) is 23.5. The summed E-state index contributed by atoms with van der Waals surface area (Å²) in [6, 6.07) is 10.7. The summed E-state index contributed by atoms with van der Waals surface area (Å²) in [5.41, 5.74) is 11.7. The first-order valence-electron chi connectivity index (χ1n) is 16.8. The van der Waals surface area contributed by atoms with E-state index in [1.165, 1.54) is 5.56 Å². The number of rotatable bonds is 10. The number of ether oxygens (including phenoxy) is 1. The zero-order chi connectivity index (χ0) is 33.2. The molecular formula is C36H39N7O5. The number of carbonyl (C=O) groups is 4. The maximum Gasteiger partial charge on any atom is 0.262 e. The molecule has 48 heavy (non-hydrogen) atoms. The number of hydrogen-bond acceptors (Lipinski definition) is 10. The number of hydrogen-bond donors (Lipinski definition) is 3. The van der Waals surface area contributed by atoms with Crippen LogP contribution >= 0.6 is 0 Å². The summed E-state index contributed by atoms with van der Waals surface area (Å²) in [6.45, 7) is 2.31. The van der Waals surface area contributed by atoms with E-state index in [0.717, 1.165) is 85.5 Å². The van der Waals surface area contributed by atoms with Gasteiger partial charge in [0.05, 0.1) is 40.1 Å². The number of nitrogens with two attached hydrogens (primary N) is 1. The third-order valence-corrected chi connectivity index (χ3v) is 9.93. The molecule has 1 unspecified atom stereocenters. The number of anilines is 1. The van der Waals surface area contributed by atoms with Gasteiger partial charge in [0.15, 0.2) is 0 Å². The van der Waals surface area contributed by atoms with Crippen molar-refractivity contribution in [3.05, 3.63) is 71.2 Å². The van der Waals surface area contributed by atoms with Gasteiger partial charge in [0.25, 0.3) is 11.8 Å². The molecule has 0 radical (unpaired) electrons. The van der Waals surface area contributed by atoms with Crippen LogP contribution in [0.2, 0.25) is 0 Å². The highest BCUT2D eigenvalue weighted by atomic mass is 16.5. The molecular weight excluding hydrogens is 610 g/mol. The highest BCUT2D eigenvalue weighted by molar-refractivity contribution is 6.23. The van der Waals surface area contributed by atoms with Gasteiger partial charge in [0.2, 0.25) is 11.8 Å². The van der Waals surface area contributed by atoms with Gasteiger partial charge in [-0.25, -0.2) is 4.98 Å². The van der Waals surface area contributed by atoms with Crippen LogP contribution in [0.25, 0.3) is 16.6 Å². The molecule has 1 aromatic heterocycles. The number of benzene rings is 2. The van der Waals surface area contributed by atoms with Crippen LogP contribution in [0.4, 0.5) is 5.69 Å². The van der Waals surface area contributed by atoms with Crippen LogP contribution in [0.1, 0.15) is 89.3 Å². The minimum atomic E-state index is -0.969. The van der Waals surface area contributed by atoms with Gasteiger partial charge in [0.1, 0.15) is 6.04 Å². The standard InChI is InChI=1S/C36H39N7O5/c37-18-24(31-20-40-29-6-3-23(16-30(29)41-31)22-9-12-48-13-10-22)19-39-26-14-21(15-26)2-1-11-38-25-4-5-27-28(17-25)36(47)43(35(27)46)32-7-8-33(44)42-34(32)45/h3-6,16-22,26,32,38H,1-2,7-15,37H2,(H,42,44,45). The number of piperidine rings is 1. The Hall–Kier alpha value is -4.97. The number of amides is 4. The lowest BCUT2D eigenvalue weighted by atomic mass is 9.78. The Labute approximate surface area is 278 Å². The van der Waals surface area contributed by atoms with Crippen LogP contribution in [0.5, 0.6) is 0 Å². The molecule has 1 aliphatic carbocycles. The molecule has 3 aromatic rings. The number of fused-ring (bicyclic) bond motifs is 2. The molecule has 248 valence electrons. The lowest BCUT2D eigenvalue weighted by Crippen LogP contribution is -2.54. The van der Waals surface area contributed by atoms with Crippen LogP contribution in [0, 0.1) is 5.92 Å². The van der Waals surface area contributed by atoms with Gasteiger partial charge in [-0.15, -0.1) is 0 Å². The first-order valence-corrected chi connectivity index (χ1v) is 16.8. The van der Waals surface area contributed by atoms with Crippen LogP contribution in [0.15, 0.2) is 53.8 Å². The topological polar surface area (TPSA) is 169 Å². The summed E-state index contributed by atoms with van der Waals surface area (Å²) >= 11 is 0. The maximum absolute atomic E-state index is 13.1. The molecule has 4 heterocycles. The number of carbonyl (C=O) groups excluding carboxylic acids is 4. The fourth-order valence-corrected chi connectivity index (χ4v) is 7.10. The van der Waals surface area contributed by atoms with Crippen molar-refractivity contribution in [2.24, 2.45) is 16.6 Å². The summed E-state index contributed by atoms with van der Waals surface area (Å²) in [5.74, 6) is -0.942. The van der Waals surface area contributed by atoms with Crippen molar-refractivity contribution in [1.82, 2.24) is 20.2 Å². The van der Waals surface area contributed by atoms with Crippen LogP contribution < -0.4 is 16.4 Å². The molecule has 3 aliphatic heterocycles. The molecule has 12 nitrogen and oxygen atoms in total. The van der Waals surface area contributed by atoms with Crippen molar-refractivity contribution in [2.45, 2.75) is 69.4 Å². The van der Waals surface area contributed by atoms with Gasteiger partial charge < -0.3 is 15.8 Å². The first kappa shape index (κ1) is 31.6. The van der Waals surface area contributed by atoms with Crippen molar-refractivity contribution in [3.63, 3.8) is 0 Å². The maximum atomic E-state index is 13.1. The average Bonchev–Trinajstić information content (AvgIpc) is 3.33. The lowest BCUT2D eigenvalue weighted by Gasteiger charge is -2.32. The van der Waals surface area contributed by atoms with Gasteiger partial charge in [-0.3, -0.25) is 39.4 Å². The summed E-state index contributed by atoms with van der Waals surface area (Å²) in [5, 5.41) is 5.58.